The number of pyridine rings is 1. The first kappa shape index (κ1) is 12.2. The van der Waals surface area contributed by atoms with Gasteiger partial charge in [-0.05, 0) is 49.1 Å². The van der Waals surface area contributed by atoms with E-state index < -0.39 is 0 Å². The fourth-order valence-electron chi connectivity index (χ4n) is 2.68. The highest BCUT2D eigenvalue weighted by Gasteiger charge is 2.22. The second kappa shape index (κ2) is 4.67. The van der Waals surface area contributed by atoms with Crippen molar-refractivity contribution in [3.05, 3.63) is 53.2 Å². The van der Waals surface area contributed by atoms with E-state index in [-0.39, 0.29) is 6.04 Å². The van der Waals surface area contributed by atoms with Gasteiger partial charge in [-0.3, -0.25) is 0 Å². The monoisotopic (exact) mass is 253 g/mol. The predicted octanol–water partition coefficient (Wildman–Crippen LogP) is 3.10. The average Bonchev–Trinajstić information content (AvgIpc) is 2.82. The van der Waals surface area contributed by atoms with E-state index in [9.17, 15) is 0 Å². The number of aryl methyl sites for hydroxylation is 1. The van der Waals surface area contributed by atoms with Crippen molar-refractivity contribution in [1.29, 1.82) is 0 Å². The van der Waals surface area contributed by atoms with Crippen LogP contribution in [0.15, 0.2) is 36.5 Å². The minimum absolute atomic E-state index is 0.0334. The van der Waals surface area contributed by atoms with Gasteiger partial charge >= 0.3 is 0 Å². The topological polar surface area (TPSA) is 42.1 Å². The Balaban J connectivity index is 2.00. The fraction of sp³-hybridized carbons (Fsp3) is 0.312. The molecule has 3 nitrogen and oxygen atoms in total. The van der Waals surface area contributed by atoms with Crippen LogP contribution in [0.4, 0.5) is 11.5 Å². The van der Waals surface area contributed by atoms with Gasteiger partial charge < -0.3 is 10.6 Å². The Morgan fingerprint density at radius 1 is 1.32 bits per heavy atom. The number of para-hydroxylation sites is 1. The number of fused-ring (bicyclic) bond motifs is 1. The standard InChI is InChI=1S/C16H19N3/c1-11-9-14(12(2)17)10-18-16(11)19-8-7-13-5-3-4-6-15(13)19/h3-6,9-10,12H,7-8,17H2,1-2H3. The smallest absolute Gasteiger partial charge is 0.135 e. The van der Waals surface area contributed by atoms with Crippen LogP contribution in [0, 0.1) is 6.92 Å². The van der Waals surface area contributed by atoms with Crippen LogP contribution >= 0.6 is 0 Å². The average molecular weight is 253 g/mol. The maximum atomic E-state index is 5.91. The lowest BCUT2D eigenvalue weighted by Crippen LogP contribution is -2.17. The molecule has 0 aliphatic carbocycles. The third-order valence-electron chi connectivity index (χ3n) is 3.74. The third-order valence-corrected chi connectivity index (χ3v) is 3.74. The summed E-state index contributed by atoms with van der Waals surface area (Å²) in [5, 5.41) is 0. The molecule has 98 valence electrons. The minimum atomic E-state index is 0.0334. The van der Waals surface area contributed by atoms with Gasteiger partial charge in [-0.15, -0.1) is 0 Å². The van der Waals surface area contributed by atoms with Crippen LogP contribution < -0.4 is 10.6 Å². The highest BCUT2D eigenvalue weighted by atomic mass is 15.2. The van der Waals surface area contributed by atoms with Crippen LogP contribution in [0.1, 0.15) is 29.7 Å². The molecule has 1 unspecified atom stereocenters. The molecule has 3 heteroatoms. The summed E-state index contributed by atoms with van der Waals surface area (Å²) >= 11 is 0. The van der Waals surface area contributed by atoms with E-state index in [0.717, 1.165) is 24.3 Å². The van der Waals surface area contributed by atoms with Crippen LogP contribution in [0.25, 0.3) is 0 Å². The van der Waals surface area contributed by atoms with E-state index in [1.165, 1.54) is 16.8 Å². The molecule has 0 amide bonds. The van der Waals surface area contributed by atoms with E-state index >= 15 is 0 Å². The highest BCUT2D eigenvalue weighted by Crippen LogP contribution is 2.34. The van der Waals surface area contributed by atoms with Crippen molar-refractivity contribution < 1.29 is 0 Å². The number of aromatic nitrogens is 1. The zero-order chi connectivity index (χ0) is 13.4. The Hall–Kier alpha value is -1.87. The third kappa shape index (κ3) is 2.10. The molecule has 2 heterocycles. The normalized spacial score (nSPS) is 15.4. The summed E-state index contributed by atoms with van der Waals surface area (Å²) in [5.74, 6) is 1.05. The molecule has 2 aromatic rings. The predicted molar refractivity (Wildman–Crippen MR) is 78.7 cm³/mol. The molecular weight excluding hydrogens is 234 g/mol. The van der Waals surface area contributed by atoms with Crippen molar-refractivity contribution >= 4 is 11.5 Å². The van der Waals surface area contributed by atoms with Crippen molar-refractivity contribution in [3.63, 3.8) is 0 Å². The van der Waals surface area contributed by atoms with Gasteiger partial charge in [-0.25, -0.2) is 4.98 Å². The Bertz CT molecular complexity index is 605. The van der Waals surface area contributed by atoms with Crippen molar-refractivity contribution in [1.82, 2.24) is 4.98 Å². The lowest BCUT2D eigenvalue weighted by molar-refractivity contribution is 0.807. The number of nitrogens with two attached hydrogens (primary N) is 1. The second-order valence-corrected chi connectivity index (χ2v) is 5.23. The summed E-state index contributed by atoms with van der Waals surface area (Å²) in [5.41, 5.74) is 10.9. The van der Waals surface area contributed by atoms with Gasteiger partial charge in [-0.1, -0.05) is 18.2 Å². The van der Waals surface area contributed by atoms with Crippen molar-refractivity contribution in [2.24, 2.45) is 5.73 Å². The van der Waals surface area contributed by atoms with E-state index in [4.69, 9.17) is 5.73 Å². The zero-order valence-corrected chi connectivity index (χ0v) is 11.4. The first-order valence-corrected chi connectivity index (χ1v) is 6.74. The summed E-state index contributed by atoms with van der Waals surface area (Å²) in [6, 6.07) is 10.7. The van der Waals surface area contributed by atoms with Crippen LogP contribution in [-0.2, 0) is 6.42 Å². The first-order valence-electron chi connectivity index (χ1n) is 6.74. The number of benzene rings is 1. The van der Waals surface area contributed by atoms with Crippen LogP contribution in [0.5, 0.6) is 0 Å². The molecule has 19 heavy (non-hydrogen) atoms. The molecule has 3 rings (SSSR count). The second-order valence-electron chi connectivity index (χ2n) is 5.23. The molecule has 0 bridgehead atoms. The number of rotatable bonds is 2. The van der Waals surface area contributed by atoms with Crippen molar-refractivity contribution in [2.75, 3.05) is 11.4 Å². The van der Waals surface area contributed by atoms with E-state index in [1.807, 2.05) is 13.1 Å². The highest BCUT2D eigenvalue weighted by molar-refractivity contribution is 5.69. The zero-order valence-electron chi connectivity index (χ0n) is 11.4. The Labute approximate surface area is 114 Å². The van der Waals surface area contributed by atoms with Gasteiger partial charge in [0.25, 0.3) is 0 Å². The SMILES string of the molecule is Cc1cc(C(C)N)cnc1N1CCc2ccccc21. The van der Waals surface area contributed by atoms with Gasteiger partial charge in [0.15, 0.2) is 0 Å². The summed E-state index contributed by atoms with van der Waals surface area (Å²) in [6.45, 7) is 5.10. The van der Waals surface area contributed by atoms with E-state index in [0.29, 0.717) is 0 Å². The van der Waals surface area contributed by atoms with Crippen LogP contribution in [0.3, 0.4) is 0 Å². The van der Waals surface area contributed by atoms with E-state index in [1.54, 1.807) is 0 Å². The minimum Gasteiger partial charge on any atom is -0.326 e. The Morgan fingerprint density at radius 2 is 2.11 bits per heavy atom. The number of anilines is 2. The molecule has 0 radical (unpaired) electrons. The van der Waals surface area contributed by atoms with Gasteiger partial charge in [0.1, 0.15) is 5.82 Å². The van der Waals surface area contributed by atoms with Crippen molar-refractivity contribution in [2.45, 2.75) is 26.3 Å². The molecule has 0 spiro atoms. The van der Waals surface area contributed by atoms with Gasteiger partial charge in [0.05, 0.1) is 0 Å². The maximum absolute atomic E-state index is 5.91. The summed E-state index contributed by atoms with van der Waals surface area (Å²) in [4.78, 5) is 6.93. The molecular formula is C16H19N3. The van der Waals surface area contributed by atoms with Crippen LogP contribution in [0.2, 0.25) is 0 Å². The molecule has 0 saturated heterocycles. The van der Waals surface area contributed by atoms with Crippen LogP contribution in [-0.4, -0.2) is 11.5 Å². The van der Waals surface area contributed by atoms with Crippen molar-refractivity contribution in [3.8, 4) is 0 Å². The Morgan fingerprint density at radius 3 is 2.84 bits per heavy atom. The van der Waals surface area contributed by atoms with Gasteiger partial charge in [0.2, 0.25) is 0 Å². The fourth-order valence-corrected chi connectivity index (χ4v) is 2.68. The van der Waals surface area contributed by atoms with Gasteiger partial charge in [-0.2, -0.15) is 0 Å². The quantitative estimate of drug-likeness (QED) is 0.894. The van der Waals surface area contributed by atoms with E-state index in [2.05, 4.69) is 47.1 Å². The molecule has 1 aromatic carbocycles. The number of nitrogens with zero attached hydrogens (tertiary/aromatic N) is 2. The molecule has 0 saturated carbocycles. The maximum Gasteiger partial charge on any atom is 0.135 e. The molecule has 1 aromatic heterocycles. The molecule has 1 aliphatic rings. The molecule has 0 fully saturated rings. The largest absolute Gasteiger partial charge is 0.326 e. The lowest BCUT2D eigenvalue weighted by atomic mass is 10.1. The summed E-state index contributed by atoms with van der Waals surface area (Å²) in [7, 11) is 0. The molecule has 2 N–H and O–H groups in total. The molecule has 1 aliphatic heterocycles. The Kier molecular flexibility index (Phi) is 2.99. The number of hydrogen-bond donors (Lipinski definition) is 1. The molecule has 1 atom stereocenters. The summed E-state index contributed by atoms with van der Waals surface area (Å²) < 4.78 is 0. The first-order chi connectivity index (χ1) is 9.16. The number of hydrogen-bond acceptors (Lipinski definition) is 3. The van der Waals surface area contributed by atoms with Gasteiger partial charge in [0, 0.05) is 24.5 Å². The lowest BCUT2D eigenvalue weighted by Gasteiger charge is -2.21. The summed E-state index contributed by atoms with van der Waals surface area (Å²) in [6.07, 6.45) is 2.99.